The molecule has 10 heteroatoms. The lowest BCUT2D eigenvalue weighted by Crippen LogP contribution is -2.16. The summed E-state index contributed by atoms with van der Waals surface area (Å²) in [5.41, 5.74) is 4.44. The first kappa shape index (κ1) is 22.1. The Labute approximate surface area is 187 Å². The Morgan fingerprint density at radius 2 is 1.61 bits per heavy atom. The van der Waals surface area contributed by atoms with E-state index >= 15 is 0 Å². The van der Waals surface area contributed by atoms with E-state index < -0.39 is 6.36 Å². The van der Waals surface area contributed by atoms with Crippen molar-refractivity contribution in [2.24, 2.45) is 0 Å². The van der Waals surface area contributed by atoms with E-state index in [9.17, 15) is 13.2 Å². The first-order chi connectivity index (χ1) is 15.7. The van der Waals surface area contributed by atoms with Gasteiger partial charge in [-0.1, -0.05) is 12.1 Å². The predicted molar refractivity (Wildman–Crippen MR) is 116 cm³/mol. The first-order valence-electron chi connectivity index (χ1n) is 9.94. The van der Waals surface area contributed by atoms with Gasteiger partial charge in [0.1, 0.15) is 17.4 Å². The van der Waals surface area contributed by atoms with Crippen molar-refractivity contribution in [3.05, 3.63) is 78.4 Å². The zero-order valence-electron chi connectivity index (χ0n) is 17.8. The summed E-state index contributed by atoms with van der Waals surface area (Å²) in [5.74, 6) is 0.916. The molecule has 0 fully saturated rings. The summed E-state index contributed by atoms with van der Waals surface area (Å²) in [7, 11) is 0. The van der Waals surface area contributed by atoms with Gasteiger partial charge in [-0.15, -0.1) is 13.2 Å². The molecule has 0 unspecified atom stereocenters. The molecule has 0 radical (unpaired) electrons. The summed E-state index contributed by atoms with van der Waals surface area (Å²) in [6.45, 7) is 4.11. The largest absolute Gasteiger partial charge is 0.573 e. The van der Waals surface area contributed by atoms with E-state index in [0.717, 1.165) is 22.5 Å². The van der Waals surface area contributed by atoms with E-state index in [1.54, 1.807) is 49.9 Å². The number of alkyl halides is 3. The summed E-state index contributed by atoms with van der Waals surface area (Å²) < 4.78 is 41.1. The molecule has 0 bridgehead atoms. The molecule has 3 aromatic heterocycles. The van der Waals surface area contributed by atoms with Crippen molar-refractivity contribution in [2.45, 2.75) is 26.8 Å². The summed E-state index contributed by atoms with van der Waals surface area (Å²) in [5, 5.41) is 3.22. The van der Waals surface area contributed by atoms with E-state index in [4.69, 9.17) is 0 Å². The van der Waals surface area contributed by atoms with Crippen LogP contribution in [0.1, 0.15) is 17.2 Å². The number of aryl methyl sites for hydroxylation is 2. The maximum atomic E-state index is 12.4. The van der Waals surface area contributed by atoms with Crippen LogP contribution in [-0.4, -0.2) is 31.3 Å². The van der Waals surface area contributed by atoms with Crippen molar-refractivity contribution in [3.8, 4) is 28.1 Å². The third-order valence-electron chi connectivity index (χ3n) is 4.58. The number of hydrogen-bond acceptors (Lipinski definition) is 7. The molecule has 0 spiro atoms. The highest BCUT2D eigenvalue weighted by Gasteiger charge is 2.30. The number of anilines is 1. The molecule has 1 aromatic carbocycles. The van der Waals surface area contributed by atoms with Crippen LogP contribution >= 0.6 is 0 Å². The molecule has 0 atom stereocenters. The van der Waals surface area contributed by atoms with Crippen LogP contribution < -0.4 is 10.1 Å². The fraction of sp³-hybridized carbons (Fsp3) is 0.174. The van der Waals surface area contributed by atoms with E-state index in [0.29, 0.717) is 29.4 Å². The molecule has 0 saturated carbocycles. The Hall–Kier alpha value is -4.08. The molecule has 4 aromatic rings. The smallest absolute Gasteiger partial charge is 0.406 e. The number of nitrogens with one attached hydrogen (secondary N) is 1. The molecule has 4 rings (SSSR count). The molecular weight excluding hydrogens is 433 g/mol. The van der Waals surface area contributed by atoms with Crippen molar-refractivity contribution >= 4 is 5.82 Å². The van der Waals surface area contributed by atoms with E-state index in [1.165, 1.54) is 12.1 Å². The third-order valence-corrected chi connectivity index (χ3v) is 4.58. The minimum atomic E-state index is -4.73. The maximum absolute atomic E-state index is 12.4. The zero-order valence-corrected chi connectivity index (χ0v) is 17.8. The van der Waals surface area contributed by atoms with Gasteiger partial charge in [0, 0.05) is 35.8 Å². The number of pyridine rings is 1. The molecule has 0 aliphatic carbocycles. The monoisotopic (exact) mass is 452 g/mol. The molecule has 33 heavy (non-hydrogen) atoms. The van der Waals surface area contributed by atoms with Gasteiger partial charge in [-0.05, 0) is 37.6 Å². The van der Waals surface area contributed by atoms with Crippen molar-refractivity contribution in [1.29, 1.82) is 0 Å². The summed E-state index contributed by atoms with van der Waals surface area (Å²) in [6, 6.07) is 9.28. The number of ether oxygens (including phenoxy) is 1. The minimum Gasteiger partial charge on any atom is -0.406 e. The molecule has 0 saturated heterocycles. The van der Waals surface area contributed by atoms with Gasteiger partial charge in [0.25, 0.3) is 0 Å². The van der Waals surface area contributed by atoms with Crippen LogP contribution in [0.2, 0.25) is 0 Å². The van der Waals surface area contributed by atoms with Crippen LogP contribution in [0, 0.1) is 13.8 Å². The molecule has 1 N–H and O–H groups in total. The van der Waals surface area contributed by atoms with Crippen LogP contribution in [0.15, 0.2) is 61.2 Å². The zero-order chi connectivity index (χ0) is 23.4. The van der Waals surface area contributed by atoms with Gasteiger partial charge >= 0.3 is 6.36 Å². The third kappa shape index (κ3) is 6.00. The second-order valence-electron chi connectivity index (χ2n) is 7.22. The second-order valence-corrected chi connectivity index (χ2v) is 7.22. The van der Waals surface area contributed by atoms with E-state index in [-0.39, 0.29) is 5.75 Å². The van der Waals surface area contributed by atoms with Crippen molar-refractivity contribution in [3.63, 3.8) is 0 Å². The highest BCUT2D eigenvalue weighted by Crippen LogP contribution is 2.28. The summed E-state index contributed by atoms with van der Waals surface area (Å²) in [6.07, 6.45) is 1.97. The maximum Gasteiger partial charge on any atom is 0.573 e. The SMILES string of the molecule is Cc1cnc(CNc2cc(-c3cncc(-c4ccc(OC(F)(F)F)cc4)c3)nc(C)n2)cn1. The Balaban J connectivity index is 1.54. The molecule has 0 aliphatic rings. The van der Waals surface area contributed by atoms with Crippen LogP contribution in [0.5, 0.6) is 5.75 Å². The van der Waals surface area contributed by atoms with Gasteiger partial charge in [-0.3, -0.25) is 15.0 Å². The lowest BCUT2D eigenvalue weighted by molar-refractivity contribution is -0.274. The number of aromatic nitrogens is 5. The lowest BCUT2D eigenvalue weighted by atomic mass is 10.0. The average molecular weight is 452 g/mol. The normalized spacial score (nSPS) is 11.3. The predicted octanol–water partition coefficient (Wildman–Crippen LogP) is 5.12. The van der Waals surface area contributed by atoms with E-state index in [1.807, 2.05) is 13.0 Å². The molecule has 3 heterocycles. The van der Waals surface area contributed by atoms with Gasteiger partial charge in [-0.2, -0.15) is 0 Å². The Morgan fingerprint density at radius 3 is 2.30 bits per heavy atom. The molecule has 168 valence electrons. The number of hydrogen-bond donors (Lipinski definition) is 1. The molecule has 7 nitrogen and oxygen atoms in total. The number of nitrogens with zero attached hydrogens (tertiary/aromatic N) is 5. The van der Waals surface area contributed by atoms with Crippen molar-refractivity contribution in [2.75, 3.05) is 5.32 Å². The minimum absolute atomic E-state index is 0.282. The van der Waals surface area contributed by atoms with Crippen LogP contribution in [-0.2, 0) is 6.54 Å². The Kier molecular flexibility index (Phi) is 6.16. The van der Waals surface area contributed by atoms with Gasteiger partial charge in [0.2, 0.25) is 0 Å². The van der Waals surface area contributed by atoms with Crippen LogP contribution in [0.3, 0.4) is 0 Å². The Bertz CT molecular complexity index is 1240. The fourth-order valence-corrected chi connectivity index (χ4v) is 3.08. The number of rotatable bonds is 6. The van der Waals surface area contributed by atoms with Crippen molar-refractivity contribution in [1.82, 2.24) is 24.9 Å². The molecular formula is C23H19F3N6O. The Morgan fingerprint density at radius 1 is 0.848 bits per heavy atom. The quantitative estimate of drug-likeness (QED) is 0.434. The van der Waals surface area contributed by atoms with Crippen LogP contribution in [0.4, 0.5) is 19.0 Å². The lowest BCUT2D eigenvalue weighted by Gasteiger charge is -2.11. The average Bonchev–Trinajstić information content (AvgIpc) is 2.78. The van der Waals surface area contributed by atoms with Crippen molar-refractivity contribution < 1.29 is 17.9 Å². The van der Waals surface area contributed by atoms with Crippen LogP contribution in [0.25, 0.3) is 22.4 Å². The summed E-state index contributed by atoms with van der Waals surface area (Å²) in [4.78, 5) is 21.7. The second kappa shape index (κ2) is 9.19. The highest BCUT2D eigenvalue weighted by atomic mass is 19.4. The van der Waals surface area contributed by atoms with E-state index in [2.05, 4.69) is 35.0 Å². The number of benzene rings is 1. The highest BCUT2D eigenvalue weighted by molar-refractivity contribution is 5.71. The molecule has 0 aliphatic heterocycles. The van der Waals surface area contributed by atoms with Gasteiger partial charge in [-0.25, -0.2) is 9.97 Å². The number of halogens is 3. The topological polar surface area (TPSA) is 85.7 Å². The summed E-state index contributed by atoms with van der Waals surface area (Å²) >= 11 is 0. The van der Waals surface area contributed by atoms with Gasteiger partial charge in [0.05, 0.1) is 29.8 Å². The van der Waals surface area contributed by atoms with Gasteiger partial charge in [0.15, 0.2) is 0 Å². The first-order valence-corrected chi connectivity index (χ1v) is 9.94. The fourth-order valence-electron chi connectivity index (χ4n) is 3.08. The molecule has 0 amide bonds. The standard InChI is InChI=1S/C23H19F3N6O/c1-14-9-29-19(12-28-14)13-30-22-8-21(31-15(2)32-22)18-7-17(10-27-11-18)16-3-5-20(6-4-16)33-23(24,25)26/h3-12H,13H2,1-2H3,(H,30,31,32). The van der Waals surface area contributed by atoms with Gasteiger partial charge < -0.3 is 10.1 Å².